The fourth-order valence-corrected chi connectivity index (χ4v) is 3.62. The Balaban J connectivity index is 1.92. The molecule has 7 heteroatoms. The molecule has 1 N–H and O–H groups in total. The minimum absolute atomic E-state index is 0.194. The zero-order valence-corrected chi connectivity index (χ0v) is 15.9. The van der Waals surface area contributed by atoms with Gasteiger partial charge in [-0.3, -0.25) is 4.79 Å². The molecular weight excluding hydrogens is 350 g/mol. The van der Waals surface area contributed by atoms with Crippen LogP contribution in [0.3, 0.4) is 0 Å². The molecule has 0 aliphatic carbocycles. The van der Waals surface area contributed by atoms with E-state index >= 15 is 0 Å². The number of anilines is 1. The van der Waals surface area contributed by atoms with Gasteiger partial charge in [-0.05, 0) is 38.0 Å². The summed E-state index contributed by atoms with van der Waals surface area (Å²) < 4.78 is 11.3. The Hall–Kier alpha value is -2.67. The van der Waals surface area contributed by atoms with E-state index in [1.54, 1.807) is 0 Å². The van der Waals surface area contributed by atoms with Crippen LogP contribution in [0.4, 0.5) is 5.69 Å². The van der Waals surface area contributed by atoms with Gasteiger partial charge in [0.1, 0.15) is 16.9 Å². The molecule has 26 heavy (non-hydrogen) atoms. The monoisotopic (exact) mass is 371 g/mol. The summed E-state index contributed by atoms with van der Waals surface area (Å²) in [5, 5.41) is 3.74. The van der Waals surface area contributed by atoms with Crippen molar-refractivity contribution >= 4 is 33.1 Å². The van der Waals surface area contributed by atoms with Gasteiger partial charge in [-0.25, -0.2) is 9.97 Å². The van der Waals surface area contributed by atoms with Crippen molar-refractivity contribution in [1.82, 2.24) is 9.97 Å². The van der Waals surface area contributed by atoms with Crippen molar-refractivity contribution in [3.63, 3.8) is 0 Å². The van der Waals surface area contributed by atoms with E-state index in [0.717, 1.165) is 22.2 Å². The topological polar surface area (TPSA) is 73.3 Å². The van der Waals surface area contributed by atoms with Crippen LogP contribution < -0.4 is 14.8 Å². The van der Waals surface area contributed by atoms with Gasteiger partial charge in [0.15, 0.2) is 0 Å². The summed E-state index contributed by atoms with van der Waals surface area (Å²) in [7, 11) is 0. The van der Waals surface area contributed by atoms with Gasteiger partial charge < -0.3 is 14.8 Å². The van der Waals surface area contributed by atoms with E-state index in [2.05, 4.69) is 15.3 Å². The molecule has 1 aromatic carbocycles. The number of fused-ring (bicyclic) bond motifs is 1. The van der Waals surface area contributed by atoms with Crippen molar-refractivity contribution in [3.05, 3.63) is 41.0 Å². The summed E-state index contributed by atoms with van der Waals surface area (Å²) in [6.07, 6.45) is 2.36. The van der Waals surface area contributed by atoms with Crippen LogP contribution in [0.15, 0.2) is 30.6 Å². The van der Waals surface area contributed by atoms with Crippen LogP contribution in [0.5, 0.6) is 11.6 Å². The minimum Gasteiger partial charge on any atom is -0.491 e. The quantitative estimate of drug-likeness (QED) is 0.665. The predicted octanol–water partition coefficient (Wildman–Crippen LogP) is 4.44. The third-order valence-electron chi connectivity index (χ3n) is 3.78. The Morgan fingerprint density at radius 2 is 2.00 bits per heavy atom. The van der Waals surface area contributed by atoms with Crippen LogP contribution in [-0.4, -0.2) is 29.1 Å². The summed E-state index contributed by atoms with van der Waals surface area (Å²) in [6, 6.07) is 7.43. The zero-order chi connectivity index (χ0) is 18.5. The molecule has 0 spiro atoms. The highest BCUT2D eigenvalue weighted by Gasteiger charge is 2.20. The third kappa shape index (κ3) is 3.62. The fraction of sp³-hybridized carbons (Fsp3) is 0.316. The Kier molecular flexibility index (Phi) is 5.68. The number of nitrogens with one attached hydrogen (secondary N) is 1. The Labute approximate surface area is 156 Å². The smallest absolute Gasteiger partial charge is 0.266 e. The molecule has 3 rings (SSSR count). The molecule has 3 aromatic rings. The second kappa shape index (κ2) is 8.14. The largest absolute Gasteiger partial charge is 0.491 e. The van der Waals surface area contributed by atoms with Gasteiger partial charge >= 0.3 is 0 Å². The number of aromatic nitrogens is 2. The molecule has 0 aliphatic heterocycles. The molecule has 0 saturated heterocycles. The molecule has 0 atom stereocenters. The highest BCUT2D eigenvalue weighted by Crippen LogP contribution is 2.35. The molecule has 0 fully saturated rings. The number of hydrogen-bond acceptors (Lipinski definition) is 6. The van der Waals surface area contributed by atoms with E-state index in [0.29, 0.717) is 35.4 Å². The van der Waals surface area contributed by atoms with Gasteiger partial charge in [-0.1, -0.05) is 19.1 Å². The zero-order valence-electron chi connectivity index (χ0n) is 15.0. The summed E-state index contributed by atoms with van der Waals surface area (Å²) in [4.78, 5) is 22.6. The lowest BCUT2D eigenvalue weighted by atomic mass is 10.2. The first-order valence-corrected chi connectivity index (χ1v) is 9.37. The summed E-state index contributed by atoms with van der Waals surface area (Å²) >= 11 is 1.33. The molecule has 1 amide bonds. The van der Waals surface area contributed by atoms with Gasteiger partial charge in [0.05, 0.1) is 29.2 Å². The standard InChI is InChI=1S/C19H21N3O3S/c1-4-10-25-14-9-7-6-8-13(14)22-17(23)16-12(3)15-18(24-5-2)20-11-21-19(15)26-16/h6-9,11H,4-5,10H2,1-3H3,(H,22,23). The summed E-state index contributed by atoms with van der Waals surface area (Å²) in [6.45, 7) is 6.93. The van der Waals surface area contributed by atoms with Gasteiger partial charge in [0.25, 0.3) is 5.91 Å². The third-order valence-corrected chi connectivity index (χ3v) is 4.97. The summed E-state index contributed by atoms with van der Waals surface area (Å²) in [5.41, 5.74) is 1.47. The second-order valence-corrected chi connectivity index (χ2v) is 6.65. The first-order valence-electron chi connectivity index (χ1n) is 8.55. The lowest BCUT2D eigenvalue weighted by molar-refractivity contribution is 0.102. The normalized spacial score (nSPS) is 10.7. The number of nitrogens with zero attached hydrogens (tertiary/aromatic N) is 2. The van der Waals surface area contributed by atoms with E-state index in [4.69, 9.17) is 9.47 Å². The van der Waals surface area contributed by atoms with Crippen LogP contribution in [0.1, 0.15) is 35.5 Å². The number of rotatable bonds is 7. The molecule has 2 aromatic heterocycles. The summed E-state index contributed by atoms with van der Waals surface area (Å²) in [5.74, 6) is 0.980. The number of thiophene rings is 1. The average molecular weight is 371 g/mol. The molecule has 0 unspecified atom stereocenters. The van der Waals surface area contributed by atoms with E-state index in [1.165, 1.54) is 17.7 Å². The Bertz CT molecular complexity index is 924. The van der Waals surface area contributed by atoms with Crippen molar-refractivity contribution in [1.29, 1.82) is 0 Å². The number of benzene rings is 1. The van der Waals surface area contributed by atoms with E-state index in [-0.39, 0.29) is 5.91 Å². The van der Waals surface area contributed by atoms with Gasteiger partial charge in [0, 0.05) is 0 Å². The number of ether oxygens (including phenoxy) is 2. The first-order chi connectivity index (χ1) is 12.7. The maximum absolute atomic E-state index is 12.9. The minimum atomic E-state index is -0.194. The predicted molar refractivity (Wildman–Crippen MR) is 104 cm³/mol. The van der Waals surface area contributed by atoms with Gasteiger partial charge in [-0.15, -0.1) is 11.3 Å². The molecule has 0 aliphatic rings. The number of hydrogen-bond donors (Lipinski definition) is 1. The SMILES string of the molecule is CCCOc1ccccc1NC(=O)c1sc2ncnc(OCC)c2c1C. The fourth-order valence-electron chi connectivity index (χ4n) is 2.59. The average Bonchev–Trinajstić information content (AvgIpc) is 2.99. The highest BCUT2D eigenvalue weighted by atomic mass is 32.1. The van der Waals surface area contributed by atoms with Crippen LogP contribution in [0.25, 0.3) is 10.2 Å². The van der Waals surface area contributed by atoms with Crippen molar-refractivity contribution in [2.45, 2.75) is 27.2 Å². The number of carbonyl (C=O) groups is 1. The van der Waals surface area contributed by atoms with E-state index in [9.17, 15) is 4.79 Å². The van der Waals surface area contributed by atoms with Crippen molar-refractivity contribution < 1.29 is 14.3 Å². The van der Waals surface area contributed by atoms with Crippen molar-refractivity contribution in [3.8, 4) is 11.6 Å². The van der Waals surface area contributed by atoms with E-state index in [1.807, 2.05) is 45.0 Å². The second-order valence-electron chi connectivity index (χ2n) is 5.65. The molecule has 0 radical (unpaired) electrons. The number of carbonyl (C=O) groups excluding carboxylic acids is 1. The van der Waals surface area contributed by atoms with Crippen LogP contribution in [0.2, 0.25) is 0 Å². The molecule has 136 valence electrons. The van der Waals surface area contributed by atoms with Gasteiger partial charge in [-0.2, -0.15) is 0 Å². The lowest BCUT2D eigenvalue weighted by Crippen LogP contribution is -2.12. The van der Waals surface area contributed by atoms with Crippen molar-refractivity contribution in [2.75, 3.05) is 18.5 Å². The van der Waals surface area contributed by atoms with Gasteiger partial charge in [0.2, 0.25) is 5.88 Å². The van der Waals surface area contributed by atoms with Crippen LogP contribution in [0, 0.1) is 6.92 Å². The number of aryl methyl sites for hydroxylation is 1. The highest BCUT2D eigenvalue weighted by molar-refractivity contribution is 7.20. The van der Waals surface area contributed by atoms with Crippen LogP contribution >= 0.6 is 11.3 Å². The maximum atomic E-state index is 12.9. The molecule has 0 bridgehead atoms. The molecule has 0 saturated carbocycles. The molecule has 2 heterocycles. The molecule has 6 nitrogen and oxygen atoms in total. The number of amides is 1. The molecular formula is C19H21N3O3S. The van der Waals surface area contributed by atoms with Crippen molar-refractivity contribution in [2.24, 2.45) is 0 Å². The van der Waals surface area contributed by atoms with Crippen LogP contribution in [-0.2, 0) is 0 Å². The first kappa shape index (κ1) is 18.1. The maximum Gasteiger partial charge on any atom is 0.266 e. The number of para-hydroxylation sites is 2. The lowest BCUT2D eigenvalue weighted by Gasteiger charge is -2.11. The van der Waals surface area contributed by atoms with E-state index < -0.39 is 0 Å². The Morgan fingerprint density at radius 1 is 1.19 bits per heavy atom. The Morgan fingerprint density at radius 3 is 2.77 bits per heavy atom.